The third-order valence-electron chi connectivity index (χ3n) is 3.01. The number of ether oxygens (including phenoxy) is 1. The molecule has 2 heterocycles. The SMILES string of the molecule is CC(C)(C)OC(=O)NC(CN)Cc1c[nH]c2ncccc12. The van der Waals surface area contributed by atoms with Crippen LogP contribution in [0.2, 0.25) is 0 Å². The van der Waals surface area contributed by atoms with Crippen LogP contribution in [0.3, 0.4) is 0 Å². The maximum absolute atomic E-state index is 11.8. The number of pyridine rings is 1. The number of nitrogens with zero attached hydrogens (tertiary/aromatic N) is 1. The Morgan fingerprint density at radius 1 is 1.52 bits per heavy atom. The van der Waals surface area contributed by atoms with Crippen LogP contribution < -0.4 is 11.1 Å². The van der Waals surface area contributed by atoms with Crippen LogP contribution in [0.5, 0.6) is 0 Å². The van der Waals surface area contributed by atoms with Gasteiger partial charge in [0.05, 0.1) is 0 Å². The zero-order valence-corrected chi connectivity index (χ0v) is 12.6. The van der Waals surface area contributed by atoms with Crippen molar-refractivity contribution in [3.8, 4) is 0 Å². The number of aromatic nitrogens is 2. The van der Waals surface area contributed by atoms with Crippen molar-refractivity contribution >= 4 is 17.1 Å². The molecule has 0 aliphatic rings. The van der Waals surface area contributed by atoms with Crippen LogP contribution in [0.15, 0.2) is 24.5 Å². The summed E-state index contributed by atoms with van der Waals surface area (Å²) >= 11 is 0. The van der Waals surface area contributed by atoms with Gasteiger partial charge >= 0.3 is 6.09 Å². The average molecular weight is 290 g/mol. The highest BCUT2D eigenvalue weighted by Gasteiger charge is 2.19. The van der Waals surface area contributed by atoms with Crippen molar-refractivity contribution in [1.29, 1.82) is 0 Å². The highest BCUT2D eigenvalue weighted by atomic mass is 16.6. The van der Waals surface area contributed by atoms with Crippen LogP contribution in [0.25, 0.3) is 11.0 Å². The van der Waals surface area contributed by atoms with Crippen molar-refractivity contribution in [3.05, 3.63) is 30.1 Å². The molecule has 0 aromatic carbocycles. The van der Waals surface area contributed by atoms with E-state index in [1.54, 1.807) is 6.20 Å². The number of fused-ring (bicyclic) bond motifs is 1. The van der Waals surface area contributed by atoms with Crippen molar-refractivity contribution in [2.45, 2.75) is 38.8 Å². The lowest BCUT2D eigenvalue weighted by molar-refractivity contribution is 0.0506. The Labute approximate surface area is 124 Å². The van der Waals surface area contributed by atoms with E-state index in [9.17, 15) is 4.79 Å². The van der Waals surface area contributed by atoms with E-state index in [0.717, 1.165) is 16.6 Å². The molecule has 6 nitrogen and oxygen atoms in total. The van der Waals surface area contributed by atoms with Crippen molar-refractivity contribution in [3.63, 3.8) is 0 Å². The number of nitrogens with two attached hydrogens (primary N) is 1. The molecule has 2 aromatic rings. The van der Waals surface area contributed by atoms with Crippen LogP contribution in [0.4, 0.5) is 4.79 Å². The van der Waals surface area contributed by atoms with E-state index in [4.69, 9.17) is 10.5 Å². The topological polar surface area (TPSA) is 93.0 Å². The Balaban J connectivity index is 2.04. The summed E-state index contributed by atoms with van der Waals surface area (Å²) < 4.78 is 5.25. The third kappa shape index (κ3) is 4.19. The van der Waals surface area contributed by atoms with Crippen LogP contribution in [-0.4, -0.2) is 34.2 Å². The summed E-state index contributed by atoms with van der Waals surface area (Å²) in [5.41, 5.74) is 7.14. The molecule has 21 heavy (non-hydrogen) atoms. The molecule has 1 atom stereocenters. The number of aromatic amines is 1. The van der Waals surface area contributed by atoms with Gasteiger partial charge in [0.25, 0.3) is 0 Å². The molecule has 0 fully saturated rings. The Morgan fingerprint density at radius 2 is 2.29 bits per heavy atom. The largest absolute Gasteiger partial charge is 0.444 e. The Bertz CT molecular complexity index is 615. The van der Waals surface area contributed by atoms with E-state index >= 15 is 0 Å². The summed E-state index contributed by atoms with van der Waals surface area (Å²) in [6.45, 7) is 5.83. The highest BCUT2D eigenvalue weighted by molar-refractivity contribution is 5.79. The van der Waals surface area contributed by atoms with Crippen LogP contribution in [0.1, 0.15) is 26.3 Å². The van der Waals surface area contributed by atoms with Gasteiger partial charge in [-0.1, -0.05) is 0 Å². The number of hydrogen-bond acceptors (Lipinski definition) is 4. The Hall–Kier alpha value is -2.08. The predicted molar refractivity (Wildman–Crippen MR) is 82.0 cm³/mol. The summed E-state index contributed by atoms with van der Waals surface area (Å²) in [7, 11) is 0. The first-order valence-electron chi connectivity index (χ1n) is 6.99. The number of carbonyl (C=O) groups is 1. The normalized spacial score (nSPS) is 13.1. The summed E-state index contributed by atoms with van der Waals surface area (Å²) in [5.74, 6) is 0. The van der Waals surface area contributed by atoms with Gasteiger partial charge < -0.3 is 20.8 Å². The molecular weight excluding hydrogens is 268 g/mol. The highest BCUT2D eigenvalue weighted by Crippen LogP contribution is 2.17. The van der Waals surface area contributed by atoms with Gasteiger partial charge in [-0.25, -0.2) is 9.78 Å². The maximum Gasteiger partial charge on any atom is 0.407 e. The molecule has 4 N–H and O–H groups in total. The molecule has 2 aromatic heterocycles. The second-order valence-corrected chi connectivity index (χ2v) is 6.00. The van der Waals surface area contributed by atoms with E-state index in [0.29, 0.717) is 13.0 Å². The molecule has 6 heteroatoms. The molecule has 0 radical (unpaired) electrons. The first-order chi connectivity index (χ1) is 9.89. The molecule has 1 unspecified atom stereocenters. The summed E-state index contributed by atoms with van der Waals surface area (Å²) in [4.78, 5) is 19.2. The van der Waals surface area contributed by atoms with Crippen LogP contribution in [-0.2, 0) is 11.2 Å². The fraction of sp³-hybridized carbons (Fsp3) is 0.467. The predicted octanol–water partition coefficient (Wildman–Crippen LogP) is 1.96. The molecule has 0 aliphatic carbocycles. The van der Waals surface area contributed by atoms with E-state index in [1.165, 1.54) is 0 Å². The van der Waals surface area contributed by atoms with Gasteiger partial charge in [-0.2, -0.15) is 0 Å². The van der Waals surface area contributed by atoms with E-state index in [-0.39, 0.29) is 6.04 Å². The molecule has 2 rings (SSSR count). The number of hydrogen-bond donors (Lipinski definition) is 3. The quantitative estimate of drug-likeness (QED) is 0.802. The van der Waals surface area contributed by atoms with Crippen molar-refractivity contribution in [2.75, 3.05) is 6.54 Å². The average Bonchev–Trinajstić information content (AvgIpc) is 2.79. The Morgan fingerprint density at radius 3 is 2.95 bits per heavy atom. The third-order valence-corrected chi connectivity index (χ3v) is 3.01. The summed E-state index contributed by atoms with van der Waals surface area (Å²) in [6, 6.07) is 3.70. The molecule has 114 valence electrons. The van der Waals surface area contributed by atoms with E-state index in [2.05, 4.69) is 15.3 Å². The smallest absolute Gasteiger partial charge is 0.407 e. The van der Waals surface area contributed by atoms with Gasteiger partial charge in [-0.3, -0.25) is 0 Å². The zero-order valence-electron chi connectivity index (χ0n) is 12.6. The van der Waals surface area contributed by atoms with Crippen molar-refractivity contribution in [2.24, 2.45) is 5.73 Å². The number of amides is 1. The monoisotopic (exact) mass is 290 g/mol. The van der Waals surface area contributed by atoms with Crippen molar-refractivity contribution in [1.82, 2.24) is 15.3 Å². The number of carbonyl (C=O) groups excluding carboxylic acids is 1. The second kappa shape index (κ2) is 6.13. The molecular formula is C15H22N4O2. The van der Waals surface area contributed by atoms with Crippen LogP contribution >= 0.6 is 0 Å². The van der Waals surface area contributed by atoms with Gasteiger partial charge in [0.15, 0.2) is 0 Å². The lowest BCUT2D eigenvalue weighted by atomic mass is 10.1. The summed E-state index contributed by atoms with van der Waals surface area (Å²) in [6.07, 6.45) is 3.82. The minimum atomic E-state index is -0.520. The fourth-order valence-electron chi connectivity index (χ4n) is 2.11. The Kier molecular flexibility index (Phi) is 4.47. The van der Waals surface area contributed by atoms with Gasteiger partial charge in [0.1, 0.15) is 11.2 Å². The lowest BCUT2D eigenvalue weighted by Gasteiger charge is -2.23. The molecule has 0 aliphatic heterocycles. The molecule has 0 saturated carbocycles. The number of H-pyrrole nitrogens is 1. The number of nitrogens with one attached hydrogen (secondary N) is 2. The molecule has 0 spiro atoms. The maximum atomic E-state index is 11.8. The lowest BCUT2D eigenvalue weighted by Crippen LogP contribution is -2.44. The zero-order chi connectivity index (χ0) is 15.5. The second-order valence-electron chi connectivity index (χ2n) is 6.00. The molecule has 0 bridgehead atoms. The fourth-order valence-corrected chi connectivity index (χ4v) is 2.11. The molecule has 0 saturated heterocycles. The number of alkyl carbamates (subject to hydrolysis) is 1. The first kappa shape index (κ1) is 15.3. The van der Waals surface area contributed by atoms with Gasteiger partial charge in [-0.15, -0.1) is 0 Å². The first-order valence-corrected chi connectivity index (χ1v) is 6.99. The summed E-state index contributed by atoms with van der Waals surface area (Å²) in [5, 5.41) is 3.85. The van der Waals surface area contributed by atoms with Crippen LogP contribution in [0, 0.1) is 0 Å². The van der Waals surface area contributed by atoms with E-state index < -0.39 is 11.7 Å². The molecule has 1 amide bonds. The minimum absolute atomic E-state index is 0.181. The minimum Gasteiger partial charge on any atom is -0.444 e. The van der Waals surface area contributed by atoms with Gasteiger partial charge in [-0.05, 0) is 44.9 Å². The van der Waals surface area contributed by atoms with E-state index in [1.807, 2.05) is 39.1 Å². The van der Waals surface area contributed by atoms with Gasteiger partial charge in [0, 0.05) is 30.4 Å². The number of rotatable bonds is 4. The van der Waals surface area contributed by atoms with Crippen molar-refractivity contribution < 1.29 is 9.53 Å². The van der Waals surface area contributed by atoms with Gasteiger partial charge in [0.2, 0.25) is 0 Å². The standard InChI is InChI=1S/C15H22N4O2/c1-15(2,3)21-14(20)19-11(8-16)7-10-9-18-13-12(10)5-4-6-17-13/h4-6,9,11H,7-8,16H2,1-3H3,(H,17,18)(H,19,20).